The Bertz CT molecular complexity index is 169. The summed E-state index contributed by atoms with van der Waals surface area (Å²) in [6.45, 7) is 0. The molecule has 0 unspecified atom stereocenters. The van der Waals surface area contributed by atoms with E-state index in [0.717, 1.165) is 0 Å². The molecule has 0 spiro atoms. The normalized spacial score (nSPS) is 11.2. The van der Waals surface area contributed by atoms with Gasteiger partial charge in [0, 0.05) is 46.9 Å². The number of alkyl halides is 3. The summed E-state index contributed by atoms with van der Waals surface area (Å²) in [5.74, 6) is 0. The summed E-state index contributed by atoms with van der Waals surface area (Å²) in [4.78, 5) is 0. The van der Waals surface area contributed by atoms with E-state index in [0.29, 0.717) is 0 Å². The molecule has 0 heterocycles. The third-order valence-corrected chi connectivity index (χ3v) is 0.877. The van der Waals surface area contributed by atoms with Gasteiger partial charge in [0.1, 0.15) is 0 Å². The molecule has 0 saturated carbocycles. The summed E-state index contributed by atoms with van der Waals surface area (Å²) in [5.41, 5.74) is -5.53. The van der Waals surface area contributed by atoms with Crippen LogP contribution in [0.2, 0.25) is 0 Å². The SMILES string of the molecule is O.O=S(=O)(O)C(F)(F)F.[Yb]. The molecule has 0 amide bonds. The number of hydrogen-bond donors (Lipinski definition) is 1. The largest absolute Gasteiger partial charge is 0.522 e. The fraction of sp³-hybridized carbons (Fsp3) is 1.00. The standard InChI is InChI=1S/CHF3O3S.H2O.Yb/c2-1(3,4)8(5,6)7;;/h(H,5,6,7);1H2;. The maximum absolute atomic E-state index is 10.7. The first kappa shape index (κ1) is 17.3. The molecule has 0 aliphatic rings. The van der Waals surface area contributed by atoms with Crippen LogP contribution in [0.3, 0.4) is 0 Å². The summed E-state index contributed by atoms with van der Waals surface area (Å²) >= 11 is 0. The Labute approximate surface area is 93.1 Å². The fourth-order valence-corrected chi connectivity index (χ4v) is 0. The third kappa shape index (κ3) is 5.93. The molecule has 0 saturated heterocycles. The molecule has 0 aliphatic carbocycles. The van der Waals surface area contributed by atoms with Gasteiger partial charge in [-0.05, 0) is 0 Å². The molecule has 0 fully saturated rings. The van der Waals surface area contributed by atoms with E-state index in [1.807, 2.05) is 0 Å². The van der Waals surface area contributed by atoms with E-state index in [1.54, 1.807) is 0 Å². The van der Waals surface area contributed by atoms with E-state index >= 15 is 0 Å². The zero-order valence-electron chi connectivity index (χ0n) is 4.07. The second kappa shape index (κ2) is 4.94. The average molecular weight is 341 g/mol. The van der Waals surface area contributed by atoms with Crippen molar-refractivity contribution in [1.82, 2.24) is 0 Å². The summed E-state index contributed by atoms with van der Waals surface area (Å²) in [6.07, 6.45) is 0. The first-order chi connectivity index (χ1) is 3.25. The van der Waals surface area contributed by atoms with Crippen LogP contribution in [0.4, 0.5) is 13.2 Å². The Balaban J connectivity index is -0.000000245. The van der Waals surface area contributed by atoms with Crippen molar-refractivity contribution in [2.24, 2.45) is 0 Å². The summed E-state index contributed by atoms with van der Waals surface area (Å²) < 4.78 is 57.5. The Morgan fingerprint density at radius 1 is 1.20 bits per heavy atom. The van der Waals surface area contributed by atoms with Crippen molar-refractivity contribution in [3.05, 3.63) is 0 Å². The molecule has 72 valence electrons. The Morgan fingerprint density at radius 2 is 1.30 bits per heavy atom. The van der Waals surface area contributed by atoms with Crippen LogP contribution in [0.25, 0.3) is 0 Å². The smallest absolute Gasteiger partial charge is 0.412 e. The maximum Gasteiger partial charge on any atom is 0.522 e. The molecule has 4 nitrogen and oxygen atoms in total. The molecule has 0 bridgehead atoms. The first-order valence-electron chi connectivity index (χ1n) is 1.29. The molecule has 3 N–H and O–H groups in total. The van der Waals surface area contributed by atoms with Crippen LogP contribution in [-0.2, 0) is 10.1 Å². The zero-order chi connectivity index (χ0) is 7.00. The summed E-state index contributed by atoms with van der Waals surface area (Å²) in [6, 6.07) is 0. The second-order valence-electron chi connectivity index (χ2n) is 0.921. The van der Waals surface area contributed by atoms with Crippen molar-refractivity contribution in [2.75, 3.05) is 0 Å². The predicted molar refractivity (Wildman–Crippen MR) is 21.2 cm³/mol. The van der Waals surface area contributed by atoms with E-state index in [9.17, 15) is 13.2 Å². The van der Waals surface area contributed by atoms with Crippen LogP contribution in [0.1, 0.15) is 0 Å². The van der Waals surface area contributed by atoms with Gasteiger partial charge < -0.3 is 5.48 Å². The van der Waals surface area contributed by atoms with Crippen molar-refractivity contribution >= 4 is 10.1 Å². The van der Waals surface area contributed by atoms with Crippen LogP contribution >= 0.6 is 0 Å². The van der Waals surface area contributed by atoms with E-state index in [1.165, 1.54) is 0 Å². The van der Waals surface area contributed by atoms with E-state index in [2.05, 4.69) is 0 Å². The van der Waals surface area contributed by atoms with Gasteiger partial charge in [-0.25, -0.2) is 0 Å². The van der Waals surface area contributed by atoms with Crippen molar-refractivity contribution in [2.45, 2.75) is 5.51 Å². The van der Waals surface area contributed by atoms with Gasteiger partial charge in [-0.3, -0.25) is 4.55 Å². The van der Waals surface area contributed by atoms with Crippen molar-refractivity contribution in [1.29, 1.82) is 0 Å². The molecule has 0 rings (SSSR count). The van der Waals surface area contributed by atoms with Crippen molar-refractivity contribution in [3.63, 3.8) is 0 Å². The van der Waals surface area contributed by atoms with Crippen molar-refractivity contribution in [3.8, 4) is 0 Å². The van der Waals surface area contributed by atoms with Crippen LogP contribution in [0, 0.1) is 46.9 Å². The van der Waals surface area contributed by atoms with Gasteiger partial charge in [0.05, 0.1) is 0 Å². The fourth-order valence-electron chi connectivity index (χ4n) is 0. The first-order valence-corrected chi connectivity index (χ1v) is 2.73. The molecular weight excluding hydrogens is 338 g/mol. The molecule has 0 aromatic rings. The zero-order valence-corrected chi connectivity index (χ0v) is 6.60. The van der Waals surface area contributed by atoms with Gasteiger partial charge in [-0.1, -0.05) is 0 Å². The Kier molecular flexibility index (Phi) is 8.55. The molecule has 0 aromatic heterocycles. The van der Waals surface area contributed by atoms with Crippen LogP contribution in [0.15, 0.2) is 0 Å². The summed E-state index contributed by atoms with van der Waals surface area (Å²) in [5, 5.41) is 0. The van der Waals surface area contributed by atoms with Crippen LogP contribution in [-0.4, -0.2) is 24.0 Å². The molecule has 0 atom stereocenters. The number of rotatable bonds is 0. The topological polar surface area (TPSA) is 85.9 Å². The molecular formula is CH3F3O4SYb. The average Bonchev–Trinajstić information content (AvgIpc) is 1.25. The minimum atomic E-state index is -5.84. The number of hydrogen-bond acceptors (Lipinski definition) is 2. The van der Waals surface area contributed by atoms with Gasteiger partial charge in [0.2, 0.25) is 0 Å². The second-order valence-corrected chi connectivity index (χ2v) is 2.33. The maximum atomic E-state index is 10.7. The van der Waals surface area contributed by atoms with Crippen LogP contribution in [0.5, 0.6) is 0 Å². The van der Waals surface area contributed by atoms with Gasteiger partial charge in [0.25, 0.3) is 0 Å². The predicted octanol–water partition coefficient (Wildman–Crippen LogP) is -0.431. The van der Waals surface area contributed by atoms with Gasteiger partial charge in [-0.15, -0.1) is 0 Å². The third-order valence-electron chi connectivity index (χ3n) is 0.292. The minimum absolute atomic E-state index is 0. The Hall–Kier alpha value is 1.18. The van der Waals surface area contributed by atoms with Gasteiger partial charge in [0.15, 0.2) is 0 Å². The quantitative estimate of drug-likeness (QED) is 0.479. The molecule has 0 aliphatic heterocycles. The van der Waals surface area contributed by atoms with Gasteiger partial charge in [-0.2, -0.15) is 21.6 Å². The Morgan fingerprint density at radius 3 is 1.30 bits per heavy atom. The van der Waals surface area contributed by atoms with Crippen LogP contribution < -0.4 is 0 Å². The molecule has 10 heavy (non-hydrogen) atoms. The van der Waals surface area contributed by atoms with E-state index in [4.69, 9.17) is 13.0 Å². The molecule has 0 radical (unpaired) electrons. The van der Waals surface area contributed by atoms with E-state index < -0.39 is 15.6 Å². The van der Waals surface area contributed by atoms with Crippen molar-refractivity contribution < 1.29 is 78.5 Å². The summed E-state index contributed by atoms with van der Waals surface area (Å²) in [7, 11) is -5.84. The number of halogens is 3. The molecule has 0 aromatic carbocycles. The monoisotopic (exact) mass is 342 g/mol. The molecule has 9 heteroatoms. The van der Waals surface area contributed by atoms with Gasteiger partial charge >= 0.3 is 15.6 Å². The van der Waals surface area contributed by atoms with E-state index in [-0.39, 0.29) is 52.4 Å². The minimum Gasteiger partial charge on any atom is -0.412 e.